The van der Waals surface area contributed by atoms with Gasteiger partial charge in [-0.1, -0.05) is 33.2 Å². The molecule has 1 aromatic heterocycles. The molecular formula is C18H14BrF2NO3S. The number of aromatic nitrogens is 1. The van der Waals surface area contributed by atoms with Gasteiger partial charge in [-0.15, -0.1) is 0 Å². The quantitative estimate of drug-likeness (QED) is 0.569. The Morgan fingerprint density at radius 3 is 2.38 bits per heavy atom. The third-order valence-electron chi connectivity index (χ3n) is 4.00. The molecule has 0 fully saturated rings. The lowest BCUT2D eigenvalue weighted by Gasteiger charge is -2.09. The van der Waals surface area contributed by atoms with Crippen LogP contribution in [-0.2, 0) is 9.84 Å². The van der Waals surface area contributed by atoms with Crippen molar-refractivity contribution in [1.82, 2.24) is 5.16 Å². The summed E-state index contributed by atoms with van der Waals surface area (Å²) in [5.41, 5.74) is 2.16. The van der Waals surface area contributed by atoms with Crippen LogP contribution in [0, 0.1) is 25.5 Å². The summed E-state index contributed by atoms with van der Waals surface area (Å²) in [4.78, 5) is -0.688. The molecule has 0 spiro atoms. The number of hydrogen-bond acceptors (Lipinski definition) is 4. The molecule has 0 amide bonds. The highest BCUT2D eigenvalue weighted by Gasteiger charge is 2.24. The average molecular weight is 442 g/mol. The third kappa shape index (κ3) is 3.31. The summed E-state index contributed by atoms with van der Waals surface area (Å²) in [7, 11) is -3.88. The zero-order chi connectivity index (χ0) is 19.2. The normalized spacial score (nSPS) is 11.8. The van der Waals surface area contributed by atoms with Gasteiger partial charge in [0.25, 0.3) is 0 Å². The van der Waals surface area contributed by atoms with Gasteiger partial charge in [0.1, 0.15) is 28.0 Å². The van der Waals surface area contributed by atoms with Crippen LogP contribution in [0.3, 0.4) is 0 Å². The summed E-state index contributed by atoms with van der Waals surface area (Å²) in [5, 5.41) is 3.97. The monoisotopic (exact) mass is 441 g/mol. The van der Waals surface area contributed by atoms with Crippen molar-refractivity contribution in [3.63, 3.8) is 0 Å². The second-order valence-corrected chi connectivity index (χ2v) is 8.80. The van der Waals surface area contributed by atoms with E-state index in [-0.39, 0.29) is 11.1 Å². The van der Waals surface area contributed by atoms with Crippen LogP contribution in [-0.4, -0.2) is 19.8 Å². The largest absolute Gasteiger partial charge is 0.360 e. The van der Waals surface area contributed by atoms with E-state index in [1.165, 1.54) is 0 Å². The van der Waals surface area contributed by atoms with Crippen molar-refractivity contribution >= 4 is 25.8 Å². The van der Waals surface area contributed by atoms with Gasteiger partial charge in [-0.05, 0) is 37.6 Å². The van der Waals surface area contributed by atoms with E-state index in [9.17, 15) is 17.2 Å². The van der Waals surface area contributed by atoms with Crippen LogP contribution in [0.1, 0.15) is 11.3 Å². The Morgan fingerprint density at radius 2 is 1.77 bits per heavy atom. The van der Waals surface area contributed by atoms with Crippen molar-refractivity contribution in [3.8, 4) is 22.4 Å². The van der Waals surface area contributed by atoms with E-state index >= 15 is 0 Å². The first-order valence-corrected chi connectivity index (χ1v) is 10.2. The first kappa shape index (κ1) is 18.7. The van der Waals surface area contributed by atoms with Gasteiger partial charge in [-0.3, -0.25) is 0 Å². The fraction of sp³-hybridized carbons (Fsp3) is 0.167. The van der Waals surface area contributed by atoms with Gasteiger partial charge in [0.2, 0.25) is 0 Å². The third-order valence-corrected chi connectivity index (χ3v) is 5.96. The Hall–Kier alpha value is -2.06. The van der Waals surface area contributed by atoms with Crippen molar-refractivity contribution < 1.29 is 21.7 Å². The Labute approximate surface area is 157 Å². The first-order chi connectivity index (χ1) is 12.1. The standard InChI is InChI=1S/C18H14BrF2NO3S/c1-9-4-5-11(6-13(9)19)18-17(10(2)25-22-18)12-7-15(21)16(8-14(12)20)26(3,23)24/h4-8H,1-3H3. The number of rotatable bonds is 3. The SMILES string of the molecule is Cc1ccc(-c2noc(C)c2-c2cc(F)c(S(C)(=O)=O)cc2F)cc1Br. The summed E-state index contributed by atoms with van der Waals surface area (Å²) in [5.74, 6) is -1.60. The molecule has 0 saturated carbocycles. The lowest BCUT2D eigenvalue weighted by atomic mass is 9.98. The minimum atomic E-state index is -3.88. The van der Waals surface area contributed by atoms with Crippen LogP contribution in [0.25, 0.3) is 22.4 Å². The topological polar surface area (TPSA) is 60.2 Å². The summed E-state index contributed by atoms with van der Waals surface area (Å²) in [6, 6.07) is 6.99. The summed E-state index contributed by atoms with van der Waals surface area (Å²) >= 11 is 3.43. The number of benzene rings is 2. The van der Waals surface area contributed by atoms with Crippen molar-refractivity contribution in [2.75, 3.05) is 6.26 Å². The second kappa shape index (κ2) is 6.59. The fourth-order valence-corrected chi connectivity index (χ4v) is 3.74. The minimum Gasteiger partial charge on any atom is -0.360 e. The van der Waals surface area contributed by atoms with Gasteiger partial charge in [-0.2, -0.15) is 0 Å². The van der Waals surface area contributed by atoms with Crippen LogP contribution >= 0.6 is 15.9 Å². The van der Waals surface area contributed by atoms with Crippen LogP contribution in [0.2, 0.25) is 0 Å². The molecule has 3 aromatic rings. The fourth-order valence-electron chi connectivity index (χ4n) is 2.63. The molecule has 4 nitrogen and oxygen atoms in total. The van der Waals surface area contributed by atoms with Gasteiger partial charge in [-0.25, -0.2) is 17.2 Å². The molecule has 0 atom stereocenters. The van der Waals surface area contributed by atoms with Crippen LogP contribution in [0.4, 0.5) is 8.78 Å². The molecule has 136 valence electrons. The van der Waals surface area contributed by atoms with E-state index in [1.807, 2.05) is 13.0 Å². The van der Waals surface area contributed by atoms with Crippen LogP contribution in [0.5, 0.6) is 0 Å². The van der Waals surface area contributed by atoms with E-state index < -0.39 is 26.4 Å². The molecule has 0 radical (unpaired) electrons. The number of sulfone groups is 1. The maximum atomic E-state index is 14.6. The maximum Gasteiger partial charge on any atom is 0.178 e. The molecule has 3 rings (SSSR count). The molecule has 0 aliphatic heterocycles. The Bertz CT molecular complexity index is 1120. The predicted molar refractivity (Wildman–Crippen MR) is 97.6 cm³/mol. The molecule has 0 aliphatic rings. The smallest absolute Gasteiger partial charge is 0.178 e. The zero-order valence-electron chi connectivity index (χ0n) is 14.1. The van der Waals surface area contributed by atoms with E-state index in [4.69, 9.17) is 4.52 Å². The van der Waals surface area contributed by atoms with Gasteiger partial charge in [0, 0.05) is 21.9 Å². The maximum absolute atomic E-state index is 14.6. The van der Waals surface area contributed by atoms with Crippen LogP contribution < -0.4 is 0 Å². The Balaban J connectivity index is 2.24. The molecule has 8 heteroatoms. The van der Waals surface area contributed by atoms with E-state index in [1.54, 1.807) is 19.1 Å². The highest BCUT2D eigenvalue weighted by molar-refractivity contribution is 9.10. The highest BCUT2D eigenvalue weighted by Crippen LogP contribution is 2.38. The molecule has 2 aromatic carbocycles. The second-order valence-electron chi connectivity index (χ2n) is 5.96. The van der Waals surface area contributed by atoms with Crippen molar-refractivity contribution in [2.24, 2.45) is 0 Å². The van der Waals surface area contributed by atoms with Crippen molar-refractivity contribution in [1.29, 1.82) is 0 Å². The number of halogens is 3. The van der Waals surface area contributed by atoms with E-state index in [0.29, 0.717) is 23.1 Å². The van der Waals surface area contributed by atoms with Gasteiger partial charge in [0.05, 0.1) is 5.56 Å². The van der Waals surface area contributed by atoms with E-state index in [2.05, 4.69) is 21.1 Å². The number of aryl methyl sites for hydroxylation is 2. The first-order valence-electron chi connectivity index (χ1n) is 7.52. The number of nitrogens with zero attached hydrogens (tertiary/aromatic N) is 1. The van der Waals surface area contributed by atoms with E-state index in [0.717, 1.165) is 22.4 Å². The molecule has 0 bridgehead atoms. The molecular weight excluding hydrogens is 428 g/mol. The average Bonchev–Trinajstić information content (AvgIpc) is 2.92. The van der Waals surface area contributed by atoms with Gasteiger partial charge >= 0.3 is 0 Å². The lowest BCUT2D eigenvalue weighted by molar-refractivity contribution is 0.400. The zero-order valence-corrected chi connectivity index (χ0v) is 16.5. The van der Waals surface area contributed by atoms with Gasteiger partial charge in [0.15, 0.2) is 9.84 Å². The molecule has 26 heavy (non-hydrogen) atoms. The van der Waals surface area contributed by atoms with Crippen molar-refractivity contribution in [2.45, 2.75) is 18.7 Å². The lowest BCUT2D eigenvalue weighted by Crippen LogP contribution is -2.03. The predicted octanol–water partition coefficient (Wildman–Crippen LogP) is 5.07. The van der Waals surface area contributed by atoms with Gasteiger partial charge < -0.3 is 4.52 Å². The Morgan fingerprint density at radius 1 is 1.08 bits per heavy atom. The van der Waals surface area contributed by atoms with Crippen molar-refractivity contribution in [3.05, 3.63) is 57.8 Å². The molecule has 1 heterocycles. The summed E-state index contributed by atoms with van der Waals surface area (Å²) < 4.78 is 58.1. The summed E-state index contributed by atoms with van der Waals surface area (Å²) in [6.45, 7) is 3.50. The molecule has 0 saturated heterocycles. The van der Waals surface area contributed by atoms with Crippen LogP contribution in [0.15, 0.2) is 44.2 Å². The number of hydrogen-bond donors (Lipinski definition) is 0. The Kier molecular flexibility index (Phi) is 4.74. The highest BCUT2D eigenvalue weighted by atomic mass is 79.9. The minimum absolute atomic E-state index is 0.111. The molecule has 0 N–H and O–H groups in total. The molecule has 0 unspecified atom stereocenters. The summed E-state index contributed by atoms with van der Waals surface area (Å²) in [6.07, 6.45) is 0.824. The molecule has 0 aliphatic carbocycles.